The van der Waals surface area contributed by atoms with E-state index in [1.54, 1.807) is 0 Å². The first-order valence-corrected chi connectivity index (χ1v) is 8.50. The summed E-state index contributed by atoms with van der Waals surface area (Å²) >= 11 is 0. The molecule has 7 heteroatoms. The lowest BCUT2D eigenvalue weighted by Crippen LogP contribution is -2.52. The van der Waals surface area contributed by atoms with E-state index in [1.165, 1.54) is 0 Å². The van der Waals surface area contributed by atoms with Crippen LogP contribution in [0.1, 0.15) is 24.8 Å². The lowest BCUT2D eigenvalue weighted by Gasteiger charge is -2.39. The van der Waals surface area contributed by atoms with E-state index in [9.17, 15) is 14.7 Å². The van der Waals surface area contributed by atoms with Crippen LogP contribution in [-0.2, 0) is 25.6 Å². The van der Waals surface area contributed by atoms with Gasteiger partial charge in [-0.1, -0.05) is 30.3 Å². The minimum Gasteiger partial charge on any atom is -0.480 e. The molecule has 2 fully saturated rings. The fourth-order valence-corrected chi connectivity index (χ4v) is 3.49. The molecule has 3 atom stereocenters. The predicted molar refractivity (Wildman–Crippen MR) is 88.0 cm³/mol. The zero-order valence-electron chi connectivity index (χ0n) is 14.0. The maximum atomic E-state index is 12.0. The first-order valence-electron chi connectivity index (χ1n) is 8.50. The molecule has 1 aromatic rings. The molecule has 2 saturated heterocycles. The quantitative estimate of drug-likeness (QED) is 0.844. The molecular weight excluding hydrogens is 326 g/mol. The number of hydrogen-bond donors (Lipinski definition) is 2. The van der Waals surface area contributed by atoms with E-state index < -0.39 is 23.7 Å². The molecule has 0 radical (unpaired) electrons. The third-order valence-electron chi connectivity index (χ3n) is 4.82. The molecule has 1 amide bonds. The largest absolute Gasteiger partial charge is 0.480 e. The minimum absolute atomic E-state index is 0.102. The van der Waals surface area contributed by atoms with Crippen molar-refractivity contribution in [2.24, 2.45) is 5.92 Å². The summed E-state index contributed by atoms with van der Waals surface area (Å²) < 4.78 is 16.4. The average molecular weight is 349 g/mol. The standard InChI is InChI=1S/C18H23NO6/c20-16(21)15(14-6-8-25-18(10-14)7-9-23-12-18)19-17(22)24-11-13-4-2-1-3-5-13/h1-5,14-15H,6-12H2,(H,19,22)(H,20,21). The van der Waals surface area contributed by atoms with Gasteiger partial charge in [-0.2, -0.15) is 0 Å². The van der Waals surface area contributed by atoms with Crippen molar-refractivity contribution in [3.63, 3.8) is 0 Å². The summed E-state index contributed by atoms with van der Waals surface area (Å²) in [5.74, 6) is -1.27. The van der Waals surface area contributed by atoms with E-state index in [-0.39, 0.29) is 12.5 Å². The molecule has 7 nitrogen and oxygen atoms in total. The summed E-state index contributed by atoms with van der Waals surface area (Å²) in [7, 11) is 0. The van der Waals surface area contributed by atoms with Crippen molar-refractivity contribution in [3.05, 3.63) is 35.9 Å². The monoisotopic (exact) mass is 349 g/mol. The average Bonchev–Trinajstić information content (AvgIpc) is 3.06. The molecule has 2 aliphatic heterocycles. The maximum Gasteiger partial charge on any atom is 0.408 e. The number of nitrogens with one attached hydrogen (secondary N) is 1. The summed E-state index contributed by atoms with van der Waals surface area (Å²) in [4.78, 5) is 23.7. The molecule has 2 heterocycles. The van der Waals surface area contributed by atoms with Gasteiger partial charge in [-0.05, 0) is 24.3 Å². The number of benzene rings is 1. The summed E-state index contributed by atoms with van der Waals surface area (Å²) in [5, 5.41) is 12.1. The van der Waals surface area contributed by atoms with Gasteiger partial charge in [-0.15, -0.1) is 0 Å². The number of ether oxygens (including phenoxy) is 3. The Bertz CT molecular complexity index is 599. The molecule has 0 aliphatic carbocycles. The van der Waals surface area contributed by atoms with Crippen molar-refractivity contribution in [2.45, 2.75) is 37.5 Å². The van der Waals surface area contributed by atoms with Crippen LogP contribution in [0.3, 0.4) is 0 Å². The van der Waals surface area contributed by atoms with Gasteiger partial charge < -0.3 is 24.6 Å². The lowest BCUT2D eigenvalue weighted by molar-refractivity contribution is -0.146. The van der Waals surface area contributed by atoms with E-state index in [1.807, 2.05) is 30.3 Å². The van der Waals surface area contributed by atoms with E-state index in [0.717, 1.165) is 12.0 Å². The second-order valence-electron chi connectivity index (χ2n) is 6.61. The van der Waals surface area contributed by atoms with Gasteiger partial charge in [-0.25, -0.2) is 9.59 Å². The van der Waals surface area contributed by atoms with Crippen LogP contribution in [-0.4, -0.2) is 48.6 Å². The van der Waals surface area contributed by atoms with E-state index >= 15 is 0 Å². The molecule has 3 unspecified atom stereocenters. The van der Waals surface area contributed by atoms with Gasteiger partial charge >= 0.3 is 12.1 Å². The Balaban J connectivity index is 1.57. The Morgan fingerprint density at radius 2 is 2.12 bits per heavy atom. The zero-order chi connectivity index (χ0) is 17.7. The molecule has 0 saturated carbocycles. The van der Waals surface area contributed by atoms with Crippen LogP contribution in [0.15, 0.2) is 30.3 Å². The van der Waals surface area contributed by atoms with Crippen molar-refractivity contribution < 1.29 is 28.9 Å². The molecule has 2 N–H and O–H groups in total. The molecule has 2 aliphatic rings. The number of carboxylic acid groups (broad SMARTS) is 1. The summed E-state index contributed by atoms with van der Waals surface area (Å²) in [6, 6.07) is 8.25. The number of carbonyl (C=O) groups excluding carboxylic acids is 1. The maximum absolute atomic E-state index is 12.0. The highest BCUT2D eigenvalue weighted by Gasteiger charge is 2.45. The summed E-state index contributed by atoms with van der Waals surface area (Å²) in [6.45, 7) is 1.68. The van der Waals surface area contributed by atoms with E-state index in [4.69, 9.17) is 14.2 Å². The highest BCUT2D eigenvalue weighted by atomic mass is 16.6. The Morgan fingerprint density at radius 1 is 1.32 bits per heavy atom. The molecule has 0 aromatic heterocycles. The second-order valence-corrected chi connectivity index (χ2v) is 6.61. The number of aliphatic carboxylic acids is 1. The van der Waals surface area contributed by atoms with Crippen molar-refractivity contribution in [2.75, 3.05) is 19.8 Å². The van der Waals surface area contributed by atoms with Crippen LogP contribution in [0.25, 0.3) is 0 Å². The van der Waals surface area contributed by atoms with Crippen LogP contribution in [0, 0.1) is 5.92 Å². The van der Waals surface area contributed by atoms with Crippen LogP contribution in [0.4, 0.5) is 4.79 Å². The van der Waals surface area contributed by atoms with Crippen LogP contribution < -0.4 is 5.32 Å². The van der Waals surface area contributed by atoms with Gasteiger partial charge in [0.1, 0.15) is 12.6 Å². The van der Waals surface area contributed by atoms with Crippen molar-refractivity contribution in [3.8, 4) is 0 Å². The Hall–Kier alpha value is -2.12. The molecule has 3 rings (SSSR count). The normalized spacial score (nSPS) is 27.0. The van der Waals surface area contributed by atoms with Gasteiger partial charge in [-0.3, -0.25) is 0 Å². The fraction of sp³-hybridized carbons (Fsp3) is 0.556. The third kappa shape index (κ3) is 4.49. The van der Waals surface area contributed by atoms with Crippen molar-refractivity contribution in [1.82, 2.24) is 5.32 Å². The first-order chi connectivity index (χ1) is 12.1. The number of rotatable bonds is 5. The van der Waals surface area contributed by atoms with Gasteiger partial charge in [0.15, 0.2) is 0 Å². The SMILES string of the molecule is O=C(NC(C(=O)O)C1CCOC2(CCOC2)C1)OCc1ccccc1. The van der Waals surface area contributed by atoms with Gasteiger partial charge in [0, 0.05) is 19.6 Å². The highest BCUT2D eigenvalue weighted by molar-refractivity contribution is 5.80. The molecule has 136 valence electrons. The Labute approximate surface area is 146 Å². The van der Waals surface area contributed by atoms with Gasteiger partial charge in [0.2, 0.25) is 0 Å². The van der Waals surface area contributed by atoms with Crippen LogP contribution in [0.2, 0.25) is 0 Å². The second kappa shape index (κ2) is 7.84. The Kier molecular flexibility index (Phi) is 5.55. The summed E-state index contributed by atoms with van der Waals surface area (Å²) in [5.41, 5.74) is 0.435. The summed E-state index contributed by atoms with van der Waals surface area (Å²) in [6.07, 6.45) is 1.18. The van der Waals surface area contributed by atoms with Crippen molar-refractivity contribution in [1.29, 1.82) is 0 Å². The third-order valence-corrected chi connectivity index (χ3v) is 4.82. The van der Waals surface area contributed by atoms with E-state index in [2.05, 4.69) is 5.32 Å². The molecule has 0 bridgehead atoms. The lowest BCUT2D eigenvalue weighted by atomic mass is 9.81. The highest BCUT2D eigenvalue weighted by Crippen LogP contribution is 2.37. The number of hydrogen-bond acceptors (Lipinski definition) is 5. The molecular formula is C18H23NO6. The topological polar surface area (TPSA) is 94.1 Å². The molecule has 1 aromatic carbocycles. The zero-order valence-corrected chi connectivity index (χ0v) is 14.0. The molecule has 1 spiro atoms. The first kappa shape index (κ1) is 17.7. The number of carbonyl (C=O) groups is 2. The fourth-order valence-electron chi connectivity index (χ4n) is 3.49. The Morgan fingerprint density at radius 3 is 2.80 bits per heavy atom. The molecule has 25 heavy (non-hydrogen) atoms. The van der Waals surface area contributed by atoms with Crippen LogP contribution in [0.5, 0.6) is 0 Å². The van der Waals surface area contributed by atoms with Gasteiger partial charge in [0.05, 0.1) is 12.2 Å². The number of amides is 1. The van der Waals surface area contributed by atoms with Gasteiger partial charge in [0.25, 0.3) is 0 Å². The smallest absolute Gasteiger partial charge is 0.408 e. The van der Waals surface area contributed by atoms with E-state index in [0.29, 0.717) is 32.7 Å². The van der Waals surface area contributed by atoms with Crippen LogP contribution >= 0.6 is 0 Å². The minimum atomic E-state index is -1.06. The predicted octanol–water partition coefficient (Wildman–Crippen LogP) is 1.95. The van der Waals surface area contributed by atoms with Crippen molar-refractivity contribution >= 4 is 12.1 Å². The number of alkyl carbamates (subject to hydrolysis) is 1. The number of carboxylic acids is 1.